The van der Waals surface area contributed by atoms with E-state index >= 15 is 0 Å². The molecule has 3 aromatic heterocycles. The van der Waals surface area contributed by atoms with E-state index < -0.39 is 0 Å². The monoisotopic (exact) mass is 783 g/mol. The summed E-state index contributed by atoms with van der Waals surface area (Å²) in [6.07, 6.45) is 7.88. The Kier molecular flexibility index (Phi) is 8.97. The molecule has 7 rings (SSSR count). The average molecular weight is 784 g/mol. The van der Waals surface area contributed by atoms with Crippen LogP contribution in [-0.2, 0) is 33.9 Å². The van der Waals surface area contributed by atoms with Gasteiger partial charge in [0, 0.05) is 35.0 Å². The first-order valence-electron chi connectivity index (χ1n) is 15.7. The fourth-order valence-corrected chi connectivity index (χ4v) is 6.24. The first kappa shape index (κ1) is 31.5. The van der Waals surface area contributed by atoms with Gasteiger partial charge in [0.1, 0.15) is 5.82 Å². The molecule has 0 saturated heterocycles. The summed E-state index contributed by atoms with van der Waals surface area (Å²) in [4.78, 5) is 4.77. The van der Waals surface area contributed by atoms with E-state index in [0.29, 0.717) is 17.4 Å². The Morgan fingerprint density at radius 1 is 0.826 bits per heavy atom. The zero-order chi connectivity index (χ0) is 31.1. The number of para-hydroxylation sites is 1. The van der Waals surface area contributed by atoms with Crippen LogP contribution in [0.4, 0.5) is 0 Å². The molecule has 0 N–H and O–H groups in total. The summed E-state index contributed by atoms with van der Waals surface area (Å²) in [6, 6.07) is 34.4. The van der Waals surface area contributed by atoms with Crippen molar-refractivity contribution in [3.63, 3.8) is 0 Å². The van der Waals surface area contributed by atoms with Crippen molar-refractivity contribution in [1.82, 2.24) is 19.3 Å². The van der Waals surface area contributed by atoms with Crippen molar-refractivity contribution in [2.24, 2.45) is 0 Å². The van der Waals surface area contributed by atoms with Crippen molar-refractivity contribution in [2.45, 2.75) is 53.4 Å². The van der Waals surface area contributed by atoms with Crippen LogP contribution in [0.1, 0.15) is 55.9 Å². The van der Waals surface area contributed by atoms with Gasteiger partial charge in [0.05, 0.1) is 6.20 Å². The molecule has 0 spiro atoms. The molecule has 6 heteroatoms. The molecule has 5 nitrogen and oxygen atoms in total. The number of aryl methyl sites for hydroxylation is 3. The predicted octanol–water partition coefficient (Wildman–Crippen LogP) is 9.98. The summed E-state index contributed by atoms with van der Waals surface area (Å²) in [5.74, 6) is 2.50. The number of rotatable bonds is 8. The first-order chi connectivity index (χ1) is 21.9. The van der Waals surface area contributed by atoms with Gasteiger partial charge in [-0.05, 0) is 70.3 Å². The molecule has 0 fully saturated rings. The number of hydrogen-bond acceptors (Lipinski definition) is 3. The molecular weight excluding hydrogens is 748 g/mol. The van der Waals surface area contributed by atoms with Gasteiger partial charge in [-0.15, -0.1) is 35.7 Å². The minimum absolute atomic E-state index is 0. The van der Waals surface area contributed by atoms with E-state index in [-0.39, 0.29) is 21.1 Å². The van der Waals surface area contributed by atoms with Gasteiger partial charge in [0.15, 0.2) is 0 Å². The molecule has 46 heavy (non-hydrogen) atoms. The van der Waals surface area contributed by atoms with Crippen LogP contribution in [0, 0.1) is 19.1 Å². The Morgan fingerprint density at radius 2 is 1.61 bits per heavy atom. The summed E-state index contributed by atoms with van der Waals surface area (Å²) in [7, 11) is 0. The molecule has 3 heterocycles. The number of nitrogens with zero attached hydrogens (tertiary/aromatic N) is 4. The fourth-order valence-electron chi connectivity index (χ4n) is 6.24. The van der Waals surface area contributed by atoms with Crippen LogP contribution >= 0.6 is 0 Å². The zero-order valence-electron chi connectivity index (χ0n) is 26.7. The number of fused-ring (bicyclic) bond motifs is 3. The number of aromatic nitrogens is 4. The molecule has 0 saturated carbocycles. The average Bonchev–Trinajstić information content (AvgIpc) is 3.67. The quantitative estimate of drug-likeness (QED) is 0.144. The maximum absolute atomic E-state index is 6.46. The van der Waals surface area contributed by atoms with Gasteiger partial charge in [-0.2, -0.15) is 16.7 Å². The van der Waals surface area contributed by atoms with Crippen molar-refractivity contribution in [1.29, 1.82) is 0 Å². The standard InChI is InChI=1S/C40H36N4O.Pt/c1-6-28-11-10-12-29(7-2)40(28)31-24-42-43(25-31)32-19-27(5)20-34(22-32)45-33-15-16-36-35-13-8-9-14-37(35)44(38(36)23-33)39-21-30(26(3)4)17-18-41-39;/h8-21,24-26H,6-7H2,1-5H3;/q-2;+2. The molecule has 0 bridgehead atoms. The SMILES string of the molecule is CCc1cccc(CC)c1-c1cnn(-c2[c-]c(Oc3[c-]c4c(cc3)c3ccccc3n4-c3cc(C(C)C)ccn3)cc(C)c2)c1.[Pt+2]. The van der Waals surface area contributed by atoms with Crippen molar-refractivity contribution in [3.05, 3.63) is 132 Å². The van der Waals surface area contributed by atoms with Crippen LogP contribution in [0.3, 0.4) is 0 Å². The third kappa shape index (κ3) is 5.81. The Hall–Kier alpha value is -4.47. The zero-order valence-corrected chi connectivity index (χ0v) is 29.0. The second-order valence-corrected chi connectivity index (χ2v) is 11.9. The van der Waals surface area contributed by atoms with Crippen molar-refractivity contribution >= 4 is 21.8 Å². The molecule has 7 aromatic rings. The van der Waals surface area contributed by atoms with E-state index in [4.69, 9.17) is 14.8 Å². The topological polar surface area (TPSA) is 44.9 Å². The van der Waals surface area contributed by atoms with E-state index in [1.54, 1.807) is 0 Å². The molecule has 0 atom stereocenters. The Labute approximate surface area is 285 Å². The minimum Gasteiger partial charge on any atom is -0.509 e. The maximum atomic E-state index is 6.46. The maximum Gasteiger partial charge on any atom is 2.00 e. The van der Waals surface area contributed by atoms with Gasteiger partial charge in [-0.25, -0.2) is 4.98 Å². The van der Waals surface area contributed by atoms with E-state index in [1.165, 1.54) is 22.3 Å². The fraction of sp³-hybridized carbons (Fsp3) is 0.200. The molecule has 0 unspecified atom stereocenters. The Morgan fingerprint density at radius 3 is 2.37 bits per heavy atom. The molecule has 0 aliphatic heterocycles. The number of hydrogen-bond donors (Lipinski definition) is 0. The molecule has 4 aromatic carbocycles. The second kappa shape index (κ2) is 13.1. The predicted molar refractivity (Wildman–Crippen MR) is 183 cm³/mol. The normalized spacial score (nSPS) is 11.3. The molecular formula is C40H36N4OPt. The largest absolute Gasteiger partial charge is 2.00 e. The van der Waals surface area contributed by atoms with Crippen LogP contribution in [0.15, 0.2) is 97.5 Å². The van der Waals surface area contributed by atoms with Gasteiger partial charge in [0.25, 0.3) is 0 Å². The molecule has 0 radical (unpaired) electrons. The van der Waals surface area contributed by atoms with Gasteiger partial charge >= 0.3 is 21.1 Å². The summed E-state index contributed by atoms with van der Waals surface area (Å²) in [6.45, 7) is 10.9. The smallest absolute Gasteiger partial charge is 0.509 e. The van der Waals surface area contributed by atoms with Gasteiger partial charge < -0.3 is 9.30 Å². The molecule has 0 aliphatic rings. The summed E-state index contributed by atoms with van der Waals surface area (Å²) < 4.78 is 10.5. The second-order valence-electron chi connectivity index (χ2n) is 11.9. The third-order valence-corrected chi connectivity index (χ3v) is 8.53. The van der Waals surface area contributed by atoms with Crippen LogP contribution in [0.2, 0.25) is 0 Å². The number of benzene rings is 4. The van der Waals surface area contributed by atoms with Crippen molar-refractivity contribution < 1.29 is 25.8 Å². The summed E-state index contributed by atoms with van der Waals surface area (Å²) in [5.41, 5.74) is 10.2. The van der Waals surface area contributed by atoms with Crippen LogP contribution in [0.5, 0.6) is 11.5 Å². The Bertz CT molecular complexity index is 2150. The van der Waals surface area contributed by atoms with E-state index in [0.717, 1.165) is 57.3 Å². The van der Waals surface area contributed by atoms with Gasteiger partial charge in [0.2, 0.25) is 0 Å². The van der Waals surface area contributed by atoms with Gasteiger partial charge in [-0.3, -0.25) is 4.68 Å². The van der Waals surface area contributed by atoms with Crippen LogP contribution in [0.25, 0.3) is 44.4 Å². The van der Waals surface area contributed by atoms with Gasteiger partial charge in [-0.1, -0.05) is 76.5 Å². The third-order valence-electron chi connectivity index (χ3n) is 8.53. The summed E-state index contributed by atoms with van der Waals surface area (Å²) >= 11 is 0. The van der Waals surface area contributed by atoms with Crippen molar-refractivity contribution in [3.8, 4) is 34.1 Å². The Balaban J connectivity index is 0.00000372. The van der Waals surface area contributed by atoms with E-state index in [2.05, 4.69) is 124 Å². The first-order valence-corrected chi connectivity index (χ1v) is 15.7. The molecule has 0 amide bonds. The minimum atomic E-state index is 0. The van der Waals surface area contributed by atoms with E-state index in [1.807, 2.05) is 29.2 Å². The number of ether oxygens (including phenoxy) is 1. The van der Waals surface area contributed by atoms with Crippen LogP contribution < -0.4 is 4.74 Å². The molecule has 232 valence electrons. The van der Waals surface area contributed by atoms with E-state index in [9.17, 15) is 0 Å². The van der Waals surface area contributed by atoms with Crippen molar-refractivity contribution in [2.75, 3.05) is 0 Å². The van der Waals surface area contributed by atoms with Crippen LogP contribution in [-0.4, -0.2) is 19.3 Å². The number of pyridine rings is 1. The molecule has 0 aliphatic carbocycles. The summed E-state index contributed by atoms with van der Waals surface area (Å²) in [5, 5.41) is 7.00.